The van der Waals surface area contributed by atoms with Gasteiger partial charge in [0.05, 0.1) is 0 Å². The number of allylic oxidation sites excluding steroid dienone is 5. The van der Waals surface area contributed by atoms with Gasteiger partial charge in [-0.15, -0.1) is 6.58 Å². The Hall–Kier alpha value is -1.11. The van der Waals surface area contributed by atoms with Crippen LogP contribution in [0, 0.1) is 0 Å². The van der Waals surface area contributed by atoms with Gasteiger partial charge in [0.25, 0.3) is 0 Å². The zero-order valence-electron chi connectivity index (χ0n) is 10.4. The molecule has 0 saturated carbocycles. The van der Waals surface area contributed by atoms with Crippen molar-refractivity contribution in [3.05, 3.63) is 35.5 Å². The number of hydrogen-bond donors (Lipinski definition) is 0. The van der Waals surface area contributed by atoms with Gasteiger partial charge in [0.2, 0.25) is 0 Å². The Labute approximate surface area is 93.6 Å². The van der Waals surface area contributed by atoms with Crippen LogP contribution in [0.4, 0.5) is 0 Å². The van der Waals surface area contributed by atoms with Gasteiger partial charge in [-0.3, -0.25) is 4.79 Å². The third kappa shape index (κ3) is 5.36. The van der Waals surface area contributed by atoms with E-state index in [0.717, 1.165) is 36.0 Å². The summed E-state index contributed by atoms with van der Waals surface area (Å²) in [6.45, 7) is 11.7. The van der Waals surface area contributed by atoms with Crippen molar-refractivity contribution in [3.8, 4) is 0 Å². The fraction of sp³-hybridized carbons (Fsp3) is 0.500. The average Bonchev–Trinajstić information content (AvgIpc) is 2.18. The first-order chi connectivity index (χ1) is 7.02. The standard InChI is InChI=1S/C14H22O/c1-6-13(7-2)14(15)12(5)10-8-9-11(3)4/h6,10H,3,7-9H2,1-2,4-5H3/b12-10+,13-6+. The Morgan fingerprint density at radius 3 is 2.33 bits per heavy atom. The maximum absolute atomic E-state index is 11.8. The molecule has 0 aromatic rings. The predicted molar refractivity (Wildman–Crippen MR) is 66.9 cm³/mol. The zero-order valence-corrected chi connectivity index (χ0v) is 10.4. The number of Topliss-reactive ketones (excluding diaryl/α,β-unsaturated/α-hetero) is 1. The van der Waals surface area contributed by atoms with Crippen LogP contribution >= 0.6 is 0 Å². The van der Waals surface area contributed by atoms with Crippen molar-refractivity contribution in [1.82, 2.24) is 0 Å². The van der Waals surface area contributed by atoms with E-state index in [1.165, 1.54) is 0 Å². The van der Waals surface area contributed by atoms with E-state index in [4.69, 9.17) is 0 Å². The van der Waals surface area contributed by atoms with Crippen molar-refractivity contribution in [2.24, 2.45) is 0 Å². The van der Waals surface area contributed by atoms with E-state index in [1.54, 1.807) is 0 Å². The molecule has 0 rings (SSSR count). The van der Waals surface area contributed by atoms with E-state index in [2.05, 4.69) is 6.58 Å². The van der Waals surface area contributed by atoms with Crippen LogP contribution < -0.4 is 0 Å². The predicted octanol–water partition coefficient (Wildman–Crippen LogP) is 4.21. The van der Waals surface area contributed by atoms with Crippen molar-refractivity contribution in [1.29, 1.82) is 0 Å². The fourth-order valence-electron chi connectivity index (χ4n) is 1.38. The van der Waals surface area contributed by atoms with Crippen molar-refractivity contribution < 1.29 is 4.79 Å². The van der Waals surface area contributed by atoms with Crippen LogP contribution in [0.2, 0.25) is 0 Å². The average molecular weight is 206 g/mol. The summed E-state index contributed by atoms with van der Waals surface area (Å²) in [7, 11) is 0. The molecule has 15 heavy (non-hydrogen) atoms. The zero-order chi connectivity index (χ0) is 11.8. The minimum absolute atomic E-state index is 0.182. The van der Waals surface area contributed by atoms with Crippen LogP contribution in [0.15, 0.2) is 35.5 Å². The van der Waals surface area contributed by atoms with Crippen LogP contribution in [0.3, 0.4) is 0 Å². The monoisotopic (exact) mass is 206 g/mol. The van der Waals surface area contributed by atoms with Crippen LogP contribution in [-0.2, 0) is 4.79 Å². The van der Waals surface area contributed by atoms with Gasteiger partial charge in [-0.1, -0.05) is 24.6 Å². The first-order valence-electron chi connectivity index (χ1n) is 5.53. The largest absolute Gasteiger partial charge is 0.289 e. The molecule has 1 nitrogen and oxygen atoms in total. The van der Waals surface area contributed by atoms with E-state index in [-0.39, 0.29) is 5.78 Å². The maximum Gasteiger partial charge on any atom is 0.184 e. The molecule has 0 aromatic heterocycles. The SMILES string of the molecule is C=C(C)CC/C=C(\C)C(=O)/C(=C/C)CC. The molecule has 0 spiro atoms. The lowest BCUT2D eigenvalue weighted by atomic mass is 10.0. The van der Waals surface area contributed by atoms with E-state index in [0.29, 0.717) is 0 Å². The number of hydrogen-bond acceptors (Lipinski definition) is 1. The second-order valence-corrected chi connectivity index (χ2v) is 3.88. The smallest absolute Gasteiger partial charge is 0.184 e. The Balaban J connectivity index is 4.37. The van der Waals surface area contributed by atoms with E-state index in [1.807, 2.05) is 39.8 Å². The topological polar surface area (TPSA) is 17.1 Å². The molecule has 0 bridgehead atoms. The molecular weight excluding hydrogens is 184 g/mol. The summed E-state index contributed by atoms with van der Waals surface area (Å²) in [4.78, 5) is 11.8. The highest BCUT2D eigenvalue weighted by Crippen LogP contribution is 2.11. The minimum Gasteiger partial charge on any atom is -0.289 e. The van der Waals surface area contributed by atoms with Crippen LogP contribution in [0.1, 0.15) is 47.0 Å². The van der Waals surface area contributed by atoms with Gasteiger partial charge in [0, 0.05) is 0 Å². The molecule has 0 saturated heterocycles. The molecule has 0 aliphatic carbocycles. The first-order valence-corrected chi connectivity index (χ1v) is 5.53. The molecule has 0 amide bonds. The molecule has 0 radical (unpaired) electrons. The first kappa shape index (κ1) is 13.9. The Bertz CT molecular complexity index is 292. The minimum atomic E-state index is 0.182. The van der Waals surface area contributed by atoms with Gasteiger partial charge in [0.1, 0.15) is 0 Å². The molecule has 0 atom stereocenters. The lowest BCUT2D eigenvalue weighted by Crippen LogP contribution is -2.03. The van der Waals surface area contributed by atoms with Gasteiger partial charge in [0.15, 0.2) is 5.78 Å². The van der Waals surface area contributed by atoms with Crippen molar-refractivity contribution >= 4 is 5.78 Å². The molecule has 0 unspecified atom stereocenters. The third-order valence-electron chi connectivity index (χ3n) is 2.40. The number of ketones is 1. The van der Waals surface area contributed by atoms with E-state index >= 15 is 0 Å². The molecule has 0 heterocycles. The highest BCUT2D eigenvalue weighted by atomic mass is 16.1. The normalized spacial score (nSPS) is 12.8. The molecule has 1 heteroatoms. The second kappa shape index (κ2) is 7.22. The van der Waals surface area contributed by atoms with Crippen LogP contribution in [-0.4, -0.2) is 5.78 Å². The van der Waals surface area contributed by atoms with Gasteiger partial charge in [-0.2, -0.15) is 0 Å². The number of rotatable bonds is 6. The quantitative estimate of drug-likeness (QED) is 0.470. The maximum atomic E-state index is 11.8. The molecule has 0 N–H and O–H groups in total. The summed E-state index contributed by atoms with van der Waals surface area (Å²) >= 11 is 0. The molecule has 84 valence electrons. The molecule has 0 aliphatic rings. The Morgan fingerprint density at radius 1 is 1.33 bits per heavy atom. The Kier molecular flexibility index (Phi) is 6.68. The fourth-order valence-corrected chi connectivity index (χ4v) is 1.38. The molecule has 0 aliphatic heterocycles. The lowest BCUT2D eigenvalue weighted by Gasteiger charge is -2.03. The summed E-state index contributed by atoms with van der Waals surface area (Å²) < 4.78 is 0. The summed E-state index contributed by atoms with van der Waals surface area (Å²) in [6, 6.07) is 0. The van der Waals surface area contributed by atoms with Crippen LogP contribution in [0.25, 0.3) is 0 Å². The summed E-state index contributed by atoms with van der Waals surface area (Å²) in [6.07, 6.45) is 6.59. The van der Waals surface area contributed by atoms with Crippen LogP contribution in [0.5, 0.6) is 0 Å². The highest BCUT2D eigenvalue weighted by molar-refractivity contribution is 6.07. The number of carbonyl (C=O) groups is 1. The van der Waals surface area contributed by atoms with Crippen molar-refractivity contribution in [2.45, 2.75) is 47.0 Å². The molecular formula is C14H22O. The van der Waals surface area contributed by atoms with Gasteiger partial charge >= 0.3 is 0 Å². The van der Waals surface area contributed by atoms with E-state index in [9.17, 15) is 4.79 Å². The van der Waals surface area contributed by atoms with Gasteiger partial charge in [-0.25, -0.2) is 0 Å². The van der Waals surface area contributed by atoms with Crippen molar-refractivity contribution in [3.63, 3.8) is 0 Å². The summed E-state index contributed by atoms with van der Waals surface area (Å²) in [5.74, 6) is 0.182. The lowest BCUT2D eigenvalue weighted by molar-refractivity contribution is -0.112. The van der Waals surface area contributed by atoms with Crippen molar-refractivity contribution in [2.75, 3.05) is 0 Å². The van der Waals surface area contributed by atoms with Gasteiger partial charge < -0.3 is 0 Å². The third-order valence-corrected chi connectivity index (χ3v) is 2.40. The highest BCUT2D eigenvalue weighted by Gasteiger charge is 2.07. The van der Waals surface area contributed by atoms with E-state index < -0.39 is 0 Å². The molecule has 0 aromatic carbocycles. The summed E-state index contributed by atoms with van der Waals surface area (Å²) in [5, 5.41) is 0. The van der Waals surface area contributed by atoms with Gasteiger partial charge in [-0.05, 0) is 51.2 Å². The molecule has 0 fully saturated rings. The second-order valence-electron chi connectivity index (χ2n) is 3.88. The number of carbonyl (C=O) groups excluding carboxylic acids is 1. The Morgan fingerprint density at radius 2 is 1.93 bits per heavy atom. The summed E-state index contributed by atoms with van der Waals surface area (Å²) in [5.41, 5.74) is 2.92.